The summed E-state index contributed by atoms with van der Waals surface area (Å²) in [6.07, 6.45) is 12.2. The molecule has 1 aliphatic heterocycles. The Kier molecular flexibility index (Phi) is 5.26. The Morgan fingerprint density at radius 1 is 1.06 bits per heavy atom. The quantitative estimate of drug-likeness (QED) is 0.603. The molecule has 1 aliphatic carbocycles. The third-order valence-electron chi connectivity index (χ3n) is 2.38. The van der Waals surface area contributed by atoms with Crippen molar-refractivity contribution in [3.05, 3.63) is 24.3 Å². The van der Waals surface area contributed by atoms with Crippen LogP contribution in [0.2, 0.25) is 0 Å². The second-order valence-corrected chi connectivity index (χ2v) is 5.26. The molecule has 96 valence electrons. The molecule has 0 aromatic rings. The minimum absolute atomic E-state index is 0.229. The van der Waals surface area contributed by atoms with Gasteiger partial charge in [-0.05, 0) is 40.0 Å². The van der Waals surface area contributed by atoms with Crippen molar-refractivity contribution in [1.82, 2.24) is 4.90 Å². The lowest BCUT2D eigenvalue weighted by Crippen LogP contribution is -2.35. The summed E-state index contributed by atoms with van der Waals surface area (Å²) < 4.78 is 5.17. The highest BCUT2D eigenvalue weighted by Crippen LogP contribution is 2.11. The number of nitrogens with zero attached hydrogens (tertiary/aromatic N) is 1. The molecule has 0 unspecified atom stereocenters. The molecule has 0 aromatic carbocycles. The van der Waals surface area contributed by atoms with Crippen LogP contribution in [0, 0.1) is 0 Å². The molecule has 3 nitrogen and oxygen atoms in total. The molecule has 0 spiro atoms. The molecule has 0 saturated heterocycles. The average Bonchev–Trinajstić information content (AvgIpc) is 2.93. The van der Waals surface area contributed by atoms with Gasteiger partial charge < -0.3 is 9.64 Å². The van der Waals surface area contributed by atoms with Crippen LogP contribution in [0.15, 0.2) is 24.3 Å². The lowest BCUT2D eigenvalue weighted by Gasteiger charge is -2.23. The number of amides is 1. The van der Waals surface area contributed by atoms with E-state index >= 15 is 0 Å². The first kappa shape index (κ1) is 13.8. The Labute approximate surface area is 104 Å². The van der Waals surface area contributed by atoms with E-state index < -0.39 is 0 Å². The Bertz CT molecular complexity index is 286. The maximum Gasteiger partial charge on any atom is 0.410 e. The molecule has 17 heavy (non-hydrogen) atoms. The predicted molar refractivity (Wildman–Crippen MR) is 69.9 cm³/mol. The topological polar surface area (TPSA) is 29.5 Å². The lowest BCUT2D eigenvalue weighted by molar-refractivity contribution is 0.0304. The van der Waals surface area contributed by atoms with Gasteiger partial charge in [-0.1, -0.05) is 24.3 Å². The third-order valence-corrected chi connectivity index (χ3v) is 2.38. The van der Waals surface area contributed by atoms with Crippen molar-refractivity contribution in [2.45, 2.75) is 45.6 Å². The van der Waals surface area contributed by atoms with Gasteiger partial charge in [-0.15, -0.1) is 0 Å². The molecule has 0 aromatic heterocycles. The molecule has 3 heteroatoms. The van der Waals surface area contributed by atoms with Crippen LogP contribution in [0.25, 0.3) is 0 Å². The Balaban J connectivity index is 0.000000239. The van der Waals surface area contributed by atoms with Crippen LogP contribution in [0.4, 0.5) is 4.79 Å². The van der Waals surface area contributed by atoms with E-state index in [1.54, 1.807) is 4.90 Å². The summed E-state index contributed by atoms with van der Waals surface area (Å²) in [6.45, 7) is 6.96. The zero-order chi connectivity index (χ0) is 12.7. The van der Waals surface area contributed by atoms with Gasteiger partial charge in [-0.25, -0.2) is 4.79 Å². The summed E-state index contributed by atoms with van der Waals surface area (Å²) in [5, 5.41) is 0. The van der Waals surface area contributed by atoms with Gasteiger partial charge in [0, 0.05) is 13.1 Å². The van der Waals surface area contributed by atoms with E-state index in [1.165, 1.54) is 19.3 Å². The minimum Gasteiger partial charge on any atom is -0.444 e. The van der Waals surface area contributed by atoms with Gasteiger partial charge in [0.1, 0.15) is 5.60 Å². The number of rotatable bonds is 0. The van der Waals surface area contributed by atoms with Gasteiger partial charge in [0.2, 0.25) is 0 Å². The molecule has 0 N–H and O–H groups in total. The Hall–Kier alpha value is -1.25. The van der Waals surface area contributed by atoms with E-state index in [0.29, 0.717) is 13.1 Å². The van der Waals surface area contributed by atoms with E-state index in [2.05, 4.69) is 12.2 Å². The van der Waals surface area contributed by atoms with Crippen molar-refractivity contribution in [3.8, 4) is 0 Å². The molecular formula is C14H23NO2. The first-order valence-corrected chi connectivity index (χ1v) is 6.27. The van der Waals surface area contributed by atoms with E-state index in [9.17, 15) is 4.79 Å². The van der Waals surface area contributed by atoms with Crippen molar-refractivity contribution < 1.29 is 9.53 Å². The van der Waals surface area contributed by atoms with Crippen molar-refractivity contribution in [2.75, 3.05) is 13.1 Å². The number of carbonyl (C=O) groups excluding carboxylic acids is 1. The molecule has 2 aliphatic rings. The number of hydrogen-bond acceptors (Lipinski definition) is 2. The Morgan fingerprint density at radius 3 is 1.94 bits per heavy atom. The number of hydrogen-bond donors (Lipinski definition) is 0. The van der Waals surface area contributed by atoms with Crippen LogP contribution in [-0.4, -0.2) is 29.7 Å². The largest absolute Gasteiger partial charge is 0.444 e. The van der Waals surface area contributed by atoms with E-state index in [-0.39, 0.29) is 11.7 Å². The van der Waals surface area contributed by atoms with Gasteiger partial charge in [-0.2, -0.15) is 0 Å². The highest BCUT2D eigenvalue weighted by Gasteiger charge is 2.21. The first-order valence-electron chi connectivity index (χ1n) is 6.27. The standard InChI is InChI=1S/C9H15NO2.C5H8/c1-9(2,3)12-8(11)10-6-4-5-7-10;1-2-4-5-3-1/h4-5H,6-7H2,1-3H3;1-2H,3-5H2. The minimum atomic E-state index is -0.389. The predicted octanol–water partition coefficient (Wildman–Crippen LogP) is 3.52. The van der Waals surface area contributed by atoms with Crippen LogP contribution >= 0.6 is 0 Å². The Morgan fingerprint density at radius 2 is 1.59 bits per heavy atom. The van der Waals surface area contributed by atoms with Gasteiger partial charge in [0.15, 0.2) is 0 Å². The van der Waals surface area contributed by atoms with E-state index in [0.717, 1.165) is 0 Å². The summed E-state index contributed by atoms with van der Waals surface area (Å²) in [7, 11) is 0. The molecule has 1 heterocycles. The maximum atomic E-state index is 11.3. The van der Waals surface area contributed by atoms with Gasteiger partial charge in [0.05, 0.1) is 0 Å². The van der Waals surface area contributed by atoms with Crippen LogP contribution in [0.5, 0.6) is 0 Å². The maximum absolute atomic E-state index is 11.3. The molecule has 1 amide bonds. The summed E-state index contributed by atoms with van der Waals surface area (Å²) in [6, 6.07) is 0. The SMILES string of the molecule is C1=CCCC1.CC(C)(C)OC(=O)N1CC=CC1. The number of allylic oxidation sites excluding steroid dienone is 2. The fourth-order valence-corrected chi connectivity index (χ4v) is 1.54. The third kappa shape index (κ3) is 6.15. The van der Waals surface area contributed by atoms with Crippen molar-refractivity contribution in [2.24, 2.45) is 0 Å². The highest BCUT2D eigenvalue weighted by atomic mass is 16.6. The fraction of sp³-hybridized carbons (Fsp3) is 0.643. The van der Waals surface area contributed by atoms with Crippen LogP contribution in [0.1, 0.15) is 40.0 Å². The monoisotopic (exact) mass is 237 g/mol. The summed E-state index contributed by atoms with van der Waals surface area (Å²) in [5.74, 6) is 0. The smallest absolute Gasteiger partial charge is 0.410 e. The van der Waals surface area contributed by atoms with Crippen molar-refractivity contribution in [3.63, 3.8) is 0 Å². The van der Waals surface area contributed by atoms with Crippen LogP contribution in [-0.2, 0) is 4.74 Å². The van der Waals surface area contributed by atoms with E-state index in [4.69, 9.17) is 4.74 Å². The van der Waals surface area contributed by atoms with Crippen LogP contribution < -0.4 is 0 Å². The van der Waals surface area contributed by atoms with E-state index in [1.807, 2.05) is 32.9 Å². The molecule has 0 bridgehead atoms. The second kappa shape index (κ2) is 6.48. The molecule has 0 atom stereocenters. The molecule has 2 rings (SSSR count). The van der Waals surface area contributed by atoms with Gasteiger partial charge >= 0.3 is 6.09 Å². The van der Waals surface area contributed by atoms with Crippen LogP contribution in [0.3, 0.4) is 0 Å². The fourth-order valence-electron chi connectivity index (χ4n) is 1.54. The second-order valence-electron chi connectivity index (χ2n) is 5.26. The summed E-state index contributed by atoms with van der Waals surface area (Å²) in [4.78, 5) is 13.0. The first-order chi connectivity index (χ1) is 7.99. The van der Waals surface area contributed by atoms with Crippen molar-refractivity contribution >= 4 is 6.09 Å². The molecule has 0 fully saturated rings. The number of carbonyl (C=O) groups is 1. The molecule has 0 saturated carbocycles. The molecule has 0 radical (unpaired) electrons. The van der Waals surface area contributed by atoms with Gasteiger partial charge in [0.25, 0.3) is 0 Å². The van der Waals surface area contributed by atoms with Gasteiger partial charge in [-0.3, -0.25) is 0 Å². The highest BCUT2D eigenvalue weighted by molar-refractivity contribution is 5.69. The van der Waals surface area contributed by atoms with Crippen molar-refractivity contribution in [1.29, 1.82) is 0 Å². The molecular weight excluding hydrogens is 214 g/mol. The average molecular weight is 237 g/mol. The summed E-state index contributed by atoms with van der Waals surface area (Å²) in [5.41, 5.74) is -0.389. The zero-order valence-electron chi connectivity index (χ0n) is 11.1. The lowest BCUT2D eigenvalue weighted by atomic mass is 10.2. The normalized spacial score (nSPS) is 17.9. The summed E-state index contributed by atoms with van der Waals surface area (Å²) >= 11 is 0. The number of ether oxygens (including phenoxy) is 1. The zero-order valence-corrected chi connectivity index (χ0v) is 11.1.